The minimum atomic E-state index is -0.848. The molecule has 0 aromatic heterocycles. The van der Waals surface area contributed by atoms with Crippen molar-refractivity contribution in [2.24, 2.45) is 5.92 Å². The van der Waals surface area contributed by atoms with Crippen LogP contribution in [0, 0.1) is 17.2 Å². The molecule has 16 heavy (non-hydrogen) atoms. The van der Waals surface area contributed by atoms with Gasteiger partial charge in [0.05, 0.1) is 12.0 Å². The van der Waals surface area contributed by atoms with Crippen LogP contribution >= 0.6 is 0 Å². The lowest BCUT2D eigenvalue weighted by Crippen LogP contribution is -2.32. The molecule has 0 heterocycles. The number of nitriles is 1. The minimum Gasteiger partial charge on any atom is -0.481 e. The van der Waals surface area contributed by atoms with Gasteiger partial charge in [0, 0.05) is 12.2 Å². The second-order valence-corrected chi connectivity index (χ2v) is 3.61. The van der Waals surface area contributed by atoms with Crippen molar-refractivity contribution in [3.63, 3.8) is 0 Å². The highest BCUT2D eigenvalue weighted by Gasteiger charge is 2.16. The number of carbonyl (C=O) groups is 1. The molecule has 1 N–H and O–H groups in total. The van der Waals surface area contributed by atoms with E-state index in [4.69, 9.17) is 10.4 Å². The van der Waals surface area contributed by atoms with E-state index in [0.29, 0.717) is 6.54 Å². The average Bonchev–Trinajstić information content (AvgIpc) is 2.29. The van der Waals surface area contributed by atoms with Crippen LogP contribution in [0.15, 0.2) is 30.3 Å². The van der Waals surface area contributed by atoms with Gasteiger partial charge in [-0.25, -0.2) is 0 Å². The lowest BCUT2D eigenvalue weighted by atomic mass is 10.1. The van der Waals surface area contributed by atoms with Gasteiger partial charge in [-0.1, -0.05) is 25.1 Å². The molecule has 0 saturated heterocycles. The van der Waals surface area contributed by atoms with Gasteiger partial charge in [0.25, 0.3) is 0 Å². The zero-order valence-electron chi connectivity index (χ0n) is 9.13. The van der Waals surface area contributed by atoms with Gasteiger partial charge < -0.3 is 10.0 Å². The van der Waals surface area contributed by atoms with E-state index < -0.39 is 11.9 Å². The maximum atomic E-state index is 10.8. The molecule has 4 nitrogen and oxygen atoms in total. The van der Waals surface area contributed by atoms with Crippen molar-refractivity contribution in [3.05, 3.63) is 30.3 Å². The van der Waals surface area contributed by atoms with Gasteiger partial charge in [-0.15, -0.1) is 0 Å². The van der Waals surface area contributed by atoms with Crippen LogP contribution in [0.2, 0.25) is 0 Å². The summed E-state index contributed by atoms with van der Waals surface area (Å²) in [6, 6.07) is 11.4. The quantitative estimate of drug-likeness (QED) is 0.764. The Morgan fingerprint density at radius 3 is 2.62 bits per heavy atom. The number of hydrogen-bond acceptors (Lipinski definition) is 3. The van der Waals surface area contributed by atoms with Crippen LogP contribution in [0.25, 0.3) is 0 Å². The number of carboxylic acid groups (broad SMARTS) is 1. The summed E-state index contributed by atoms with van der Waals surface area (Å²) in [5.74, 6) is -1.34. The predicted octanol–water partition coefficient (Wildman–Crippen LogP) is 1.74. The number of carboxylic acids is 1. The van der Waals surface area contributed by atoms with Crippen LogP contribution in [-0.4, -0.2) is 24.2 Å². The number of hydrogen-bond donors (Lipinski definition) is 1. The molecule has 1 aromatic carbocycles. The number of anilines is 1. The first-order chi connectivity index (χ1) is 7.65. The Bertz CT molecular complexity index is 384. The van der Waals surface area contributed by atoms with Crippen molar-refractivity contribution in [1.29, 1.82) is 5.26 Å². The molecule has 0 radical (unpaired) electrons. The number of para-hydroxylation sites is 1. The second-order valence-electron chi connectivity index (χ2n) is 3.61. The average molecular weight is 218 g/mol. The summed E-state index contributed by atoms with van der Waals surface area (Å²) in [5.41, 5.74) is 0.872. The standard InChI is InChI=1S/C12H14N2O2/c1-10(12(15)16)9-14(8-7-13)11-5-3-2-4-6-11/h2-6,10H,8-9H2,1H3,(H,15,16). The third kappa shape index (κ3) is 3.28. The molecular formula is C12H14N2O2. The Labute approximate surface area is 94.7 Å². The number of aliphatic carboxylic acids is 1. The fraction of sp³-hybridized carbons (Fsp3) is 0.333. The number of nitrogens with zero attached hydrogens (tertiary/aromatic N) is 2. The smallest absolute Gasteiger partial charge is 0.308 e. The summed E-state index contributed by atoms with van der Waals surface area (Å²) in [4.78, 5) is 12.5. The Balaban J connectivity index is 2.77. The maximum Gasteiger partial charge on any atom is 0.308 e. The third-order valence-electron chi connectivity index (χ3n) is 2.30. The summed E-state index contributed by atoms with van der Waals surface area (Å²) in [5, 5.41) is 17.5. The van der Waals surface area contributed by atoms with E-state index in [9.17, 15) is 4.79 Å². The summed E-state index contributed by atoms with van der Waals surface area (Å²) >= 11 is 0. The van der Waals surface area contributed by atoms with Crippen molar-refractivity contribution in [2.45, 2.75) is 6.92 Å². The van der Waals surface area contributed by atoms with Crippen molar-refractivity contribution in [1.82, 2.24) is 0 Å². The summed E-state index contributed by atoms with van der Waals surface area (Å²) < 4.78 is 0. The van der Waals surface area contributed by atoms with Crippen molar-refractivity contribution in [3.8, 4) is 6.07 Å². The van der Waals surface area contributed by atoms with Gasteiger partial charge >= 0.3 is 5.97 Å². The molecule has 84 valence electrons. The van der Waals surface area contributed by atoms with Crippen LogP contribution in [0.3, 0.4) is 0 Å². The van der Waals surface area contributed by atoms with E-state index in [1.54, 1.807) is 11.8 Å². The molecule has 1 atom stereocenters. The zero-order chi connectivity index (χ0) is 12.0. The van der Waals surface area contributed by atoms with E-state index in [2.05, 4.69) is 0 Å². The SMILES string of the molecule is CC(CN(CC#N)c1ccccc1)C(=O)O. The van der Waals surface area contributed by atoms with Gasteiger partial charge in [-0.2, -0.15) is 5.26 Å². The monoisotopic (exact) mass is 218 g/mol. The van der Waals surface area contributed by atoms with Crippen molar-refractivity contribution in [2.75, 3.05) is 18.0 Å². The van der Waals surface area contributed by atoms with E-state index in [1.165, 1.54) is 0 Å². The van der Waals surface area contributed by atoms with Crippen LogP contribution in [0.5, 0.6) is 0 Å². The summed E-state index contributed by atoms with van der Waals surface area (Å²) in [6.07, 6.45) is 0. The molecular weight excluding hydrogens is 204 g/mol. The summed E-state index contributed by atoms with van der Waals surface area (Å²) in [7, 11) is 0. The maximum absolute atomic E-state index is 10.8. The lowest BCUT2D eigenvalue weighted by molar-refractivity contribution is -0.140. The molecule has 0 aliphatic heterocycles. The Hall–Kier alpha value is -2.02. The minimum absolute atomic E-state index is 0.196. The van der Waals surface area contributed by atoms with Gasteiger partial charge in [-0.3, -0.25) is 4.79 Å². The largest absolute Gasteiger partial charge is 0.481 e. The molecule has 0 amide bonds. The van der Waals surface area contributed by atoms with Gasteiger partial charge in [0.1, 0.15) is 6.54 Å². The molecule has 1 unspecified atom stereocenters. The first-order valence-electron chi connectivity index (χ1n) is 5.05. The molecule has 0 spiro atoms. The first-order valence-corrected chi connectivity index (χ1v) is 5.05. The second kappa shape index (κ2) is 5.76. The Morgan fingerprint density at radius 2 is 2.12 bits per heavy atom. The number of benzene rings is 1. The van der Waals surface area contributed by atoms with Gasteiger partial charge in [-0.05, 0) is 12.1 Å². The zero-order valence-corrected chi connectivity index (χ0v) is 9.13. The van der Waals surface area contributed by atoms with Crippen molar-refractivity contribution < 1.29 is 9.90 Å². The van der Waals surface area contributed by atoms with E-state index >= 15 is 0 Å². The molecule has 4 heteroatoms. The van der Waals surface area contributed by atoms with Crippen LogP contribution < -0.4 is 4.90 Å². The third-order valence-corrected chi connectivity index (χ3v) is 2.30. The van der Waals surface area contributed by atoms with E-state index in [-0.39, 0.29) is 6.54 Å². The van der Waals surface area contributed by atoms with Crippen molar-refractivity contribution >= 4 is 11.7 Å². The van der Waals surface area contributed by atoms with Crippen LogP contribution in [-0.2, 0) is 4.79 Å². The van der Waals surface area contributed by atoms with E-state index in [0.717, 1.165) is 5.69 Å². The Kier molecular flexibility index (Phi) is 4.34. The number of rotatable bonds is 5. The molecule has 0 saturated carbocycles. The lowest BCUT2D eigenvalue weighted by Gasteiger charge is -2.23. The molecule has 0 fully saturated rings. The molecule has 1 rings (SSSR count). The van der Waals surface area contributed by atoms with Gasteiger partial charge in [0.15, 0.2) is 0 Å². The predicted molar refractivity (Wildman–Crippen MR) is 61.1 cm³/mol. The van der Waals surface area contributed by atoms with Crippen LogP contribution in [0.1, 0.15) is 6.92 Å². The molecule has 1 aromatic rings. The molecule has 0 aliphatic carbocycles. The molecule has 0 bridgehead atoms. The highest BCUT2D eigenvalue weighted by molar-refractivity contribution is 5.70. The highest BCUT2D eigenvalue weighted by atomic mass is 16.4. The van der Waals surface area contributed by atoms with E-state index in [1.807, 2.05) is 36.4 Å². The van der Waals surface area contributed by atoms with Crippen LogP contribution in [0.4, 0.5) is 5.69 Å². The summed E-state index contributed by atoms with van der Waals surface area (Å²) in [6.45, 7) is 2.17. The fourth-order valence-corrected chi connectivity index (χ4v) is 1.39. The van der Waals surface area contributed by atoms with Gasteiger partial charge in [0.2, 0.25) is 0 Å². The normalized spacial score (nSPS) is 11.5. The fourth-order valence-electron chi connectivity index (χ4n) is 1.39. The first kappa shape index (κ1) is 12.1. The topological polar surface area (TPSA) is 64.3 Å². The Morgan fingerprint density at radius 1 is 1.50 bits per heavy atom. The molecule has 0 aliphatic rings. The highest BCUT2D eigenvalue weighted by Crippen LogP contribution is 2.14.